The highest BCUT2D eigenvalue weighted by Gasteiger charge is 2.18. The number of carbonyl (C=O) groups is 1. The van der Waals surface area contributed by atoms with Crippen LogP contribution < -0.4 is 5.73 Å². The van der Waals surface area contributed by atoms with E-state index in [1.54, 1.807) is 18.2 Å². The van der Waals surface area contributed by atoms with Crippen molar-refractivity contribution in [1.82, 2.24) is 4.57 Å². The number of aromatic nitrogens is 1. The fourth-order valence-corrected chi connectivity index (χ4v) is 4.21. The Balaban J connectivity index is 1.99. The van der Waals surface area contributed by atoms with Crippen LogP contribution in [0.2, 0.25) is 10.0 Å². The lowest BCUT2D eigenvalue weighted by atomic mass is 10.0. The van der Waals surface area contributed by atoms with Crippen LogP contribution in [0.4, 0.5) is 0 Å². The van der Waals surface area contributed by atoms with Gasteiger partial charge >= 0.3 is 0 Å². The fraction of sp³-hybridized carbons (Fsp3) is 0.208. The Labute approximate surface area is 180 Å². The normalized spacial score (nSPS) is 11.4. The number of benzene rings is 3. The van der Waals surface area contributed by atoms with Crippen molar-refractivity contribution in [3.8, 4) is 0 Å². The van der Waals surface area contributed by atoms with E-state index >= 15 is 0 Å². The summed E-state index contributed by atoms with van der Waals surface area (Å²) in [4.78, 5) is 12.1. The van der Waals surface area contributed by atoms with Gasteiger partial charge in [0.2, 0.25) is 5.91 Å². The van der Waals surface area contributed by atoms with E-state index < -0.39 is 5.91 Å². The third kappa shape index (κ3) is 3.73. The van der Waals surface area contributed by atoms with E-state index in [0.29, 0.717) is 22.2 Å². The van der Waals surface area contributed by atoms with E-state index in [-0.39, 0.29) is 0 Å². The second kappa shape index (κ2) is 8.10. The summed E-state index contributed by atoms with van der Waals surface area (Å²) in [7, 11) is 0. The molecule has 0 saturated heterocycles. The van der Waals surface area contributed by atoms with Gasteiger partial charge in [-0.3, -0.25) is 4.79 Å². The minimum absolute atomic E-state index is 0.445. The number of fused-ring (bicyclic) bond motifs is 3. The quantitative estimate of drug-likeness (QED) is 0.383. The third-order valence-corrected chi connectivity index (χ3v) is 5.88. The highest BCUT2D eigenvalue weighted by atomic mass is 35.5. The number of carbonyl (C=O) groups excluding carboxylic acids is 1. The van der Waals surface area contributed by atoms with Crippen LogP contribution in [0.25, 0.3) is 21.8 Å². The highest BCUT2D eigenvalue weighted by Crippen LogP contribution is 2.34. The van der Waals surface area contributed by atoms with Crippen LogP contribution in [0.3, 0.4) is 0 Å². The van der Waals surface area contributed by atoms with Crippen molar-refractivity contribution in [3.63, 3.8) is 0 Å². The molecule has 0 unspecified atom stereocenters. The maximum Gasteiger partial charge on any atom is 0.249 e. The molecule has 0 saturated carbocycles. The number of halogens is 2. The summed E-state index contributed by atoms with van der Waals surface area (Å²) in [5, 5.41) is 3.02. The van der Waals surface area contributed by atoms with Gasteiger partial charge in [-0.2, -0.15) is 0 Å². The number of primary amides is 1. The van der Waals surface area contributed by atoms with Crippen molar-refractivity contribution in [3.05, 3.63) is 81.3 Å². The second-order valence-electron chi connectivity index (χ2n) is 7.26. The molecule has 1 aromatic heterocycles. The maximum atomic E-state index is 12.1. The van der Waals surface area contributed by atoms with E-state index in [1.165, 1.54) is 5.56 Å². The van der Waals surface area contributed by atoms with Crippen molar-refractivity contribution in [1.29, 1.82) is 0 Å². The van der Waals surface area contributed by atoms with E-state index in [9.17, 15) is 4.79 Å². The molecule has 0 fully saturated rings. The van der Waals surface area contributed by atoms with Crippen LogP contribution >= 0.6 is 23.2 Å². The van der Waals surface area contributed by atoms with Crippen LogP contribution in [-0.2, 0) is 13.0 Å². The number of nitrogens with two attached hydrogens (primary N) is 1. The summed E-state index contributed by atoms with van der Waals surface area (Å²) < 4.78 is 2.17. The summed E-state index contributed by atoms with van der Waals surface area (Å²) in [5.74, 6) is -0.445. The lowest BCUT2D eigenvalue weighted by Crippen LogP contribution is -2.11. The Kier molecular flexibility index (Phi) is 5.53. The number of nitrogens with zero attached hydrogens (tertiary/aromatic N) is 1. The average Bonchev–Trinajstić information content (AvgIpc) is 3.02. The topological polar surface area (TPSA) is 48.0 Å². The molecule has 2 N–H and O–H groups in total. The summed E-state index contributed by atoms with van der Waals surface area (Å²) in [6.45, 7) is 2.71. The molecular weight excluding hydrogens is 403 g/mol. The van der Waals surface area contributed by atoms with Gasteiger partial charge in [0, 0.05) is 32.9 Å². The van der Waals surface area contributed by atoms with Crippen LogP contribution in [0, 0.1) is 6.07 Å². The molecule has 147 valence electrons. The molecule has 1 heterocycles. The monoisotopic (exact) mass is 423 g/mol. The van der Waals surface area contributed by atoms with Gasteiger partial charge < -0.3 is 10.3 Å². The standard InChI is InChI=1S/C24H21Cl2N2O/c1-2-3-5-15-8-10-18-22(12-15)28(14-16-13-17(25)9-11-20(16)26)21-7-4-6-19(23(18)21)24(27)29/h4,6-9,11-13H,2-3,5,14H2,1H3,(H2,27,29). The number of hydrogen-bond acceptors (Lipinski definition) is 1. The minimum Gasteiger partial charge on any atom is -0.366 e. The first-order chi connectivity index (χ1) is 14.0. The van der Waals surface area contributed by atoms with Crippen LogP contribution in [0.15, 0.2) is 48.5 Å². The molecule has 5 heteroatoms. The Morgan fingerprint density at radius 2 is 1.97 bits per heavy atom. The van der Waals surface area contributed by atoms with Gasteiger partial charge in [-0.25, -0.2) is 0 Å². The molecule has 0 aliphatic rings. The Hall–Kier alpha value is -2.49. The van der Waals surface area contributed by atoms with Crippen molar-refractivity contribution < 1.29 is 4.79 Å². The van der Waals surface area contributed by atoms with Crippen LogP contribution in [0.1, 0.15) is 41.3 Å². The fourth-order valence-electron chi connectivity index (χ4n) is 3.83. The van der Waals surface area contributed by atoms with E-state index in [4.69, 9.17) is 28.9 Å². The largest absolute Gasteiger partial charge is 0.366 e. The summed E-state index contributed by atoms with van der Waals surface area (Å²) in [5.41, 5.74) is 10.3. The molecule has 3 nitrogen and oxygen atoms in total. The molecular formula is C24H21Cl2N2O. The van der Waals surface area contributed by atoms with Crippen LogP contribution in [-0.4, -0.2) is 10.5 Å². The Morgan fingerprint density at radius 1 is 1.14 bits per heavy atom. The molecule has 0 bridgehead atoms. The van der Waals surface area contributed by atoms with Gasteiger partial charge in [0.25, 0.3) is 0 Å². The third-order valence-electron chi connectivity index (χ3n) is 5.27. The molecule has 0 aliphatic carbocycles. The predicted molar refractivity (Wildman–Crippen MR) is 121 cm³/mol. The molecule has 0 atom stereocenters. The zero-order chi connectivity index (χ0) is 20.5. The Bertz CT molecular complexity index is 1230. The minimum atomic E-state index is -0.445. The van der Waals surface area contributed by atoms with Crippen molar-refractivity contribution in [2.24, 2.45) is 5.73 Å². The molecule has 0 spiro atoms. The number of hydrogen-bond donors (Lipinski definition) is 1. The number of rotatable bonds is 6. The zero-order valence-electron chi connectivity index (χ0n) is 16.1. The Morgan fingerprint density at radius 3 is 2.72 bits per heavy atom. The summed E-state index contributed by atoms with van der Waals surface area (Å²) in [6.07, 6.45) is 3.24. The first kappa shape index (κ1) is 19.8. The SMILES string of the molecule is CCCCc1c[c]c2c3c(C(N)=O)cccc3n(Cc3cc(Cl)ccc3Cl)c2c1. The molecule has 0 aliphatic heterocycles. The lowest BCUT2D eigenvalue weighted by Gasteiger charge is -2.11. The van der Waals surface area contributed by atoms with E-state index in [1.807, 2.05) is 24.3 Å². The number of unbranched alkanes of at least 4 members (excludes halogenated alkanes) is 1. The smallest absolute Gasteiger partial charge is 0.249 e. The first-order valence-corrected chi connectivity index (χ1v) is 10.4. The van der Waals surface area contributed by atoms with E-state index in [2.05, 4.69) is 23.6 Å². The van der Waals surface area contributed by atoms with Gasteiger partial charge in [-0.15, -0.1) is 0 Å². The van der Waals surface area contributed by atoms with Gasteiger partial charge in [0.05, 0.1) is 11.0 Å². The maximum absolute atomic E-state index is 12.1. The number of amides is 1. The zero-order valence-corrected chi connectivity index (χ0v) is 17.6. The molecule has 3 aromatic carbocycles. The molecule has 29 heavy (non-hydrogen) atoms. The molecule has 4 rings (SSSR count). The van der Waals surface area contributed by atoms with Crippen molar-refractivity contribution in [2.75, 3.05) is 0 Å². The highest BCUT2D eigenvalue weighted by molar-refractivity contribution is 6.33. The lowest BCUT2D eigenvalue weighted by molar-refractivity contribution is 0.100. The predicted octanol–water partition coefficient (Wildman–Crippen LogP) is 6.39. The molecule has 1 amide bonds. The second-order valence-corrected chi connectivity index (χ2v) is 8.10. The van der Waals surface area contributed by atoms with Gasteiger partial charge in [0.1, 0.15) is 0 Å². The van der Waals surface area contributed by atoms with Gasteiger partial charge in [0.15, 0.2) is 0 Å². The van der Waals surface area contributed by atoms with Gasteiger partial charge in [-0.05, 0) is 66.4 Å². The average molecular weight is 424 g/mol. The first-order valence-electron chi connectivity index (χ1n) is 9.69. The van der Waals surface area contributed by atoms with Crippen LogP contribution in [0.5, 0.6) is 0 Å². The number of aryl methyl sites for hydroxylation is 1. The van der Waals surface area contributed by atoms with Crippen molar-refractivity contribution in [2.45, 2.75) is 32.7 Å². The molecule has 4 aromatic rings. The summed E-state index contributed by atoms with van der Waals surface area (Å²) >= 11 is 12.7. The van der Waals surface area contributed by atoms with Gasteiger partial charge in [-0.1, -0.05) is 48.7 Å². The summed E-state index contributed by atoms with van der Waals surface area (Å²) in [6, 6.07) is 18.7. The molecule has 1 radical (unpaired) electrons. The van der Waals surface area contributed by atoms with Crippen molar-refractivity contribution >= 4 is 50.9 Å². The van der Waals surface area contributed by atoms with E-state index in [0.717, 1.165) is 46.6 Å².